The normalized spacial score (nSPS) is 12.0. The summed E-state index contributed by atoms with van der Waals surface area (Å²) in [5.74, 6) is -2.02. The number of carbonyl (C=O) groups is 1. The van der Waals surface area contributed by atoms with Crippen molar-refractivity contribution in [2.75, 3.05) is 0 Å². The number of aromatic nitrogens is 2. The first-order valence-electron chi connectivity index (χ1n) is 8.08. The van der Waals surface area contributed by atoms with Gasteiger partial charge in [0.25, 0.3) is 0 Å². The Bertz CT molecular complexity index is 982. The summed E-state index contributed by atoms with van der Waals surface area (Å²) in [6.45, 7) is 1.77. The summed E-state index contributed by atoms with van der Waals surface area (Å²) in [7, 11) is 0. The molecule has 0 aliphatic rings. The monoisotopic (exact) mass is 405 g/mol. The molecule has 2 aromatic carbocycles. The lowest BCUT2D eigenvalue weighted by molar-refractivity contribution is 0.105. The molecule has 138 valence electrons. The van der Waals surface area contributed by atoms with E-state index in [1.165, 1.54) is 12.1 Å². The van der Waals surface area contributed by atoms with Crippen molar-refractivity contribution in [1.82, 2.24) is 10.2 Å². The first kappa shape index (κ1) is 19.2. The minimum Gasteiger partial charge on any atom is -0.420 e. The molecule has 0 spiro atoms. The van der Waals surface area contributed by atoms with E-state index in [1.807, 2.05) is 0 Å². The van der Waals surface area contributed by atoms with Gasteiger partial charge < -0.3 is 9.83 Å². The summed E-state index contributed by atoms with van der Waals surface area (Å²) in [5.41, 5.74) is -0.0427. The fraction of sp³-hybridized carbons (Fsp3) is 0.158. The molecule has 0 amide bonds. The summed E-state index contributed by atoms with van der Waals surface area (Å²) < 4.78 is 19.7. The maximum atomic E-state index is 14.0. The van der Waals surface area contributed by atoms with E-state index in [0.717, 1.165) is 6.07 Å². The van der Waals surface area contributed by atoms with Gasteiger partial charge in [-0.3, -0.25) is 4.79 Å². The Morgan fingerprint density at radius 2 is 1.89 bits per heavy atom. The topological polar surface area (TPSA) is 79.8 Å². The third-order valence-corrected chi connectivity index (χ3v) is 4.59. The second-order valence-electron chi connectivity index (χ2n) is 5.75. The zero-order chi connectivity index (χ0) is 19.6. The Morgan fingerprint density at radius 1 is 1.19 bits per heavy atom. The van der Waals surface area contributed by atoms with Crippen LogP contribution in [0.1, 0.15) is 35.5 Å². The van der Waals surface area contributed by atoms with Gasteiger partial charge in [-0.2, -0.15) is 0 Å². The quantitative estimate of drug-likeness (QED) is 0.428. The maximum absolute atomic E-state index is 14.0. The van der Waals surface area contributed by atoms with Crippen LogP contribution < -0.4 is 0 Å². The second kappa shape index (κ2) is 7.98. The second-order valence-corrected chi connectivity index (χ2v) is 6.60. The molecular weight excluding hydrogens is 392 g/mol. The third-order valence-electron chi connectivity index (χ3n) is 4.02. The smallest absolute Gasteiger partial charge is 0.247 e. The van der Waals surface area contributed by atoms with Crippen molar-refractivity contribution in [2.24, 2.45) is 0 Å². The molecule has 0 aliphatic heterocycles. The fourth-order valence-corrected chi connectivity index (χ4v) is 2.97. The molecule has 0 saturated carbocycles. The average Bonchev–Trinajstić information content (AvgIpc) is 3.12. The molecule has 27 heavy (non-hydrogen) atoms. The molecule has 0 aliphatic carbocycles. The Morgan fingerprint density at radius 3 is 2.52 bits per heavy atom. The Hall–Kier alpha value is -2.57. The molecule has 1 N–H and O–H groups in total. The lowest BCUT2D eigenvalue weighted by atomic mass is 9.93. The largest absolute Gasteiger partial charge is 0.420 e. The van der Waals surface area contributed by atoms with Crippen molar-refractivity contribution in [3.63, 3.8) is 0 Å². The standard InChI is InChI=1S/C19H14Cl2FN3O2/c1-2-12(16(23)17(26)15-13(21)4-3-5-14(15)22)19-25-24-18(27-19)10-6-8-11(20)9-7-10/h3-9,12,23H,2H2,1H3. The van der Waals surface area contributed by atoms with E-state index in [4.69, 9.17) is 33.0 Å². The van der Waals surface area contributed by atoms with Crippen molar-refractivity contribution in [3.8, 4) is 11.5 Å². The molecule has 0 radical (unpaired) electrons. The fourth-order valence-electron chi connectivity index (χ4n) is 2.59. The van der Waals surface area contributed by atoms with E-state index in [-0.39, 0.29) is 28.1 Å². The summed E-state index contributed by atoms with van der Waals surface area (Å²) in [6, 6.07) is 10.7. The number of nitrogens with zero attached hydrogens (tertiary/aromatic N) is 2. The highest BCUT2D eigenvalue weighted by Crippen LogP contribution is 2.28. The minimum atomic E-state index is -0.809. The predicted octanol–water partition coefficient (Wildman–Crippen LogP) is 5.58. The van der Waals surface area contributed by atoms with E-state index in [9.17, 15) is 9.18 Å². The molecular formula is C19H14Cl2FN3O2. The Labute approximate surface area is 164 Å². The molecule has 3 rings (SSSR count). The molecule has 5 nitrogen and oxygen atoms in total. The van der Waals surface area contributed by atoms with Crippen LogP contribution in [0.4, 0.5) is 4.39 Å². The number of rotatable bonds is 6. The van der Waals surface area contributed by atoms with Crippen molar-refractivity contribution in [2.45, 2.75) is 19.3 Å². The van der Waals surface area contributed by atoms with E-state index < -0.39 is 17.5 Å². The summed E-state index contributed by atoms with van der Waals surface area (Å²) >= 11 is 11.8. The van der Waals surface area contributed by atoms with Gasteiger partial charge >= 0.3 is 0 Å². The van der Waals surface area contributed by atoms with Crippen molar-refractivity contribution in [3.05, 3.63) is 69.8 Å². The summed E-state index contributed by atoms with van der Waals surface area (Å²) in [4.78, 5) is 12.6. The van der Waals surface area contributed by atoms with Gasteiger partial charge in [-0.15, -0.1) is 10.2 Å². The Balaban J connectivity index is 1.90. The zero-order valence-electron chi connectivity index (χ0n) is 14.2. The highest BCUT2D eigenvalue weighted by atomic mass is 35.5. The number of nitrogens with one attached hydrogen (secondary N) is 1. The number of hydrogen-bond acceptors (Lipinski definition) is 5. The van der Waals surface area contributed by atoms with E-state index in [0.29, 0.717) is 17.0 Å². The van der Waals surface area contributed by atoms with Crippen LogP contribution >= 0.6 is 23.2 Å². The van der Waals surface area contributed by atoms with Crippen molar-refractivity contribution in [1.29, 1.82) is 5.41 Å². The number of hydrogen-bond donors (Lipinski definition) is 1. The lowest BCUT2D eigenvalue weighted by Crippen LogP contribution is -2.23. The average molecular weight is 406 g/mol. The summed E-state index contributed by atoms with van der Waals surface area (Å²) in [5, 5.41) is 16.7. The van der Waals surface area contributed by atoms with Crippen LogP contribution in [0, 0.1) is 11.2 Å². The number of ketones is 1. The van der Waals surface area contributed by atoms with Gasteiger partial charge in [-0.05, 0) is 42.8 Å². The van der Waals surface area contributed by atoms with Gasteiger partial charge in [0, 0.05) is 10.6 Å². The molecule has 1 aromatic heterocycles. The molecule has 0 fully saturated rings. The highest BCUT2D eigenvalue weighted by Gasteiger charge is 2.30. The lowest BCUT2D eigenvalue weighted by Gasteiger charge is -2.12. The SMILES string of the molecule is CCC(C(=N)C(=O)c1c(F)cccc1Cl)c1nnc(-c2ccc(Cl)cc2)o1. The Kier molecular flexibility index (Phi) is 5.68. The zero-order valence-corrected chi connectivity index (χ0v) is 15.7. The van der Waals surface area contributed by atoms with Crippen LogP contribution in [0.25, 0.3) is 11.5 Å². The van der Waals surface area contributed by atoms with Crippen LogP contribution in [-0.4, -0.2) is 21.7 Å². The third kappa shape index (κ3) is 3.91. The summed E-state index contributed by atoms with van der Waals surface area (Å²) in [6.07, 6.45) is 0.346. The first-order chi connectivity index (χ1) is 12.9. The van der Waals surface area contributed by atoms with E-state index in [2.05, 4.69) is 10.2 Å². The van der Waals surface area contributed by atoms with Crippen LogP contribution in [0.2, 0.25) is 10.0 Å². The van der Waals surface area contributed by atoms with E-state index >= 15 is 0 Å². The van der Waals surface area contributed by atoms with Crippen LogP contribution in [0.5, 0.6) is 0 Å². The highest BCUT2D eigenvalue weighted by molar-refractivity contribution is 6.49. The van der Waals surface area contributed by atoms with Crippen LogP contribution in [-0.2, 0) is 0 Å². The first-order valence-corrected chi connectivity index (χ1v) is 8.84. The molecule has 1 atom stereocenters. The molecule has 0 saturated heterocycles. The predicted molar refractivity (Wildman–Crippen MR) is 101 cm³/mol. The van der Waals surface area contributed by atoms with Gasteiger partial charge in [0.05, 0.1) is 22.2 Å². The molecule has 8 heteroatoms. The number of Topliss-reactive ketones (excluding diaryl/α,β-unsaturated/α-hetero) is 1. The number of benzene rings is 2. The molecule has 1 unspecified atom stereocenters. The van der Waals surface area contributed by atoms with Crippen LogP contribution in [0.15, 0.2) is 46.9 Å². The number of carbonyl (C=O) groups excluding carboxylic acids is 1. The molecule has 3 aromatic rings. The minimum absolute atomic E-state index is 0.0491. The van der Waals surface area contributed by atoms with E-state index in [1.54, 1.807) is 31.2 Å². The maximum Gasteiger partial charge on any atom is 0.247 e. The van der Waals surface area contributed by atoms with Crippen molar-refractivity contribution >= 4 is 34.7 Å². The van der Waals surface area contributed by atoms with Gasteiger partial charge in [0.2, 0.25) is 17.6 Å². The van der Waals surface area contributed by atoms with Gasteiger partial charge in [-0.25, -0.2) is 4.39 Å². The van der Waals surface area contributed by atoms with Crippen molar-refractivity contribution < 1.29 is 13.6 Å². The van der Waals surface area contributed by atoms with Gasteiger partial charge in [-0.1, -0.05) is 36.2 Å². The number of halogens is 3. The van der Waals surface area contributed by atoms with Gasteiger partial charge in [0.1, 0.15) is 5.82 Å². The van der Waals surface area contributed by atoms with Crippen LogP contribution in [0.3, 0.4) is 0 Å². The molecule has 0 bridgehead atoms. The van der Waals surface area contributed by atoms with Gasteiger partial charge in [0.15, 0.2) is 0 Å². The molecule has 1 heterocycles.